The lowest BCUT2D eigenvalue weighted by Crippen LogP contribution is -2.25. The van der Waals surface area contributed by atoms with Gasteiger partial charge in [0.15, 0.2) is 11.5 Å². The molecule has 30 heavy (non-hydrogen) atoms. The molecule has 0 aliphatic heterocycles. The van der Waals surface area contributed by atoms with Gasteiger partial charge in [0.05, 0.1) is 12.0 Å². The quantitative estimate of drug-likeness (QED) is 0.399. The number of aromatic amines is 2. The SMILES string of the molecule is COc1cc(Br)cc(C=Cc2[nH]c(=O)[nH]c(=O)c2[N+](=O)[O-])c1OCc1ccccc1. The van der Waals surface area contributed by atoms with E-state index >= 15 is 0 Å². The Morgan fingerprint density at radius 3 is 2.53 bits per heavy atom. The lowest BCUT2D eigenvalue weighted by atomic mass is 10.1. The van der Waals surface area contributed by atoms with E-state index in [9.17, 15) is 19.7 Å². The molecule has 9 nitrogen and oxygen atoms in total. The smallest absolute Gasteiger partial charge is 0.357 e. The van der Waals surface area contributed by atoms with Crippen LogP contribution in [0.3, 0.4) is 0 Å². The number of hydrogen-bond donors (Lipinski definition) is 2. The van der Waals surface area contributed by atoms with E-state index in [1.807, 2.05) is 35.3 Å². The molecule has 1 heterocycles. The van der Waals surface area contributed by atoms with Crippen LogP contribution in [0.4, 0.5) is 5.69 Å². The molecular formula is C20H16BrN3O6. The average Bonchev–Trinajstić information content (AvgIpc) is 2.70. The summed E-state index contributed by atoms with van der Waals surface area (Å²) in [6.45, 7) is 0.266. The Balaban J connectivity index is 2.04. The summed E-state index contributed by atoms with van der Waals surface area (Å²) in [6.07, 6.45) is 2.76. The molecule has 3 aromatic rings. The van der Waals surface area contributed by atoms with Gasteiger partial charge in [0.1, 0.15) is 12.3 Å². The molecule has 0 spiro atoms. The third-order valence-corrected chi connectivity index (χ3v) is 4.51. The summed E-state index contributed by atoms with van der Waals surface area (Å²) < 4.78 is 12.0. The van der Waals surface area contributed by atoms with Crippen LogP contribution in [0.2, 0.25) is 0 Å². The molecule has 0 atom stereocenters. The molecular weight excluding hydrogens is 458 g/mol. The number of hydrogen-bond acceptors (Lipinski definition) is 6. The zero-order chi connectivity index (χ0) is 21.7. The number of H-pyrrole nitrogens is 2. The summed E-state index contributed by atoms with van der Waals surface area (Å²) in [5.41, 5.74) is -1.48. The van der Waals surface area contributed by atoms with Crippen LogP contribution in [0, 0.1) is 10.1 Å². The Bertz CT molecular complexity index is 1220. The van der Waals surface area contributed by atoms with Gasteiger partial charge < -0.3 is 14.5 Å². The molecule has 0 aliphatic carbocycles. The summed E-state index contributed by atoms with van der Waals surface area (Å²) >= 11 is 3.38. The van der Waals surface area contributed by atoms with Crippen molar-refractivity contribution in [3.63, 3.8) is 0 Å². The van der Waals surface area contributed by atoms with E-state index in [-0.39, 0.29) is 12.3 Å². The van der Waals surface area contributed by atoms with Crippen molar-refractivity contribution in [1.82, 2.24) is 9.97 Å². The number of ether oxygens (including phenoxy) is 2. The van der Waals surface area contributed by atoms with Gasteiger partial charge in [-0.2, -0.15) is 0 Å². The number of benzene rings is 2. The van der Waals surface area contributed by atoms with Crippen molar-refractivity contribution in [2.24, 2.45) is 0 Å². The highest BCUT2D eigenvalue weighted by atomic mass is 79.9. The molecule has 0 radical (unpaired) electrons. The molecule has 0 saturated heterocycles. The molecule has 2 N–H and O–H groups in total. The molecule has 0 saturated carbocycles. The largest absolute Gasteiger partial charge is 0.493 e. The summed E-state index contributed by atoms with van der Waals surface area (Å²) in [4.78, 5) is 37.8. The predicted octanol–water partition coefficient (Wildman–Crippen LogP) is 3.49. The van der Waals surface area contributed by atoms with Crippen LogP contribution in [0.15, 0.2) is 56.5 Å². The highest BCUT2D eigenvalue weighted by molar-refractivity contribution is 9.10. The molecule has 0 aliphatic rings. The minimum Gasteiger partial charge on any atom is -0.493 e. The molecule has 3 rings (SSSR count). The van der Waals surface area contributed by atoms with Crippen molar-refractivity contribution in [2.75, 3.05) is 7.11 Å². The van der Waals surface area contributed by atoms with Crippen molar-refractivity contribution in [3.05, 3.63) is 94.7 Å². The van der Waals surface area contributed by atoms with Crippen molar-refractivity contribution in [2.45, 2.75) is 6.61 Å². The van der Waals surface area contributed by atoms with Gasteiger partial charge in [-0.25, -0.2) is 4.79 Å². The summed E-state index contributed by atoms with van der Waals surface area (Å²) in [7, 11) is 1.49. The van der Waals surface area contributed by atoms with Gasteiger partial charge >= 0.3 is 16.9 Å². The Hall–Kier alpha value is -3.66. The van der Waals surface area contributed by atoms with Gasteiger partial charge in [0.2, 0.25) is 0 Å². The third-order valence-electron chi connectivity index (χ3n) is 4.05. The van der Waals surface area contributed by atoms with Gasteiger partial charge in [0.25, 0.3) is 0 Å². The molecule has 10 heteroatoms. The first-order valence-electron chi connectivity index (χ1n) is 8.62. The Kier molecular flexibility index (Phi) is 6.48. The molecule has 1 aromatic heterocycles. The second-order valence-electron chi connectivity index (χ2n) is 6.06. The zero-order valence-electron chi connectivity index (χ0n) is 15.7. The lowest BCUT2D eigenvalue weighted by Gasteiger charge is -2.14. The van der Waals surface area contributed by atoms with Crippen molar-refractivity contribution in [1.29, 1.82) is 0 Å². The summed E-state index contributed by atoms with van der Waals surface area (Å²) in [6, 6.07) is 12.9. The van der Waals surface area contributed by atoms with Crippen molar-refractivity contribution in [3.8, 4) is 11.5 Å². The van der Waals surface area contributed by atoms with Crippen molar-refractivity contribution < 1.29 is 14.4 Å². The zero-order valence-corrected chi connectivity index (χ0v) is 17.3. The van der Waals surface area contributed by atoms with E-state index < -0.39 is 21.9 Å². The average molecular weight is 474 g/mol. The predicted molar refractivity (Wildman–Crippen MR) is 115 cm³/mol. The Morgan fingerprint density at radius 1 is 1.13 bits per heavy atom. The number of nitro groups is 1. The minimum absolute atomic E-state index is 0.235. The van der Waals surface area contributed by atoms with Gasteiger partial charge in [-0.15, -0.1) is 0 Å². The van der Waals surface area contributed by atoms with E-state index in [1.54, 1.807) is 12.1 Å². The molecule has 0 bridgehead atoms. The number of nitrogens with one attached hydrogen (secondary N) is 2. The molecule has 0 unspecified atom stereocenters. The van der Waals surface area contributed by atoms with Crippen LogP contribution in [-0.4, -0.2) is 22.0 Å². The van der Waals surface area contributed by atoms with Gasteiger partial charge in [-0.3, -0.25) is 19.9 Å². The Labute approximate surface area is 178 Å². The maximum absolute atomic E-state index is 11.8. The molecule has 0 fully saturated rings. The van der Waals surface area contributed by atoms with Crippen LogP contribution in [0.5, 0.6) is 11.5 Å². The number of halogens is 1. The van der Waals surface area contributed by atoms with Crippen LogP contribution >= 0.6 is 15.9 Å². The van der Waals surface area contributed by atoms with E-state index in [0.717, 1.165) is 5.56 Å². The standard InChI is InChI=1S/C20H16BrN3O6/c1-29-16-10-14(21)9-13(18(16)30-11-12-5-3-2-4-6-12)7-8-15-17(24(27)28)19(25)23-20(26)22-15/h2-10H,11H2,1H3,(H2,22,23,25,26). The highest BCUT2D eigenvalue weighted by Crippen LogP contribution is 2.36. The maximum Gasteiger partial charge on any atom is 0.357 e. The molecule has 2 aromatic carbocycles. The maximum atomic E-state index is 11.8. The van der Waals surface area contributed by atoms with Gasteiger partial charge in [-0.1, -0.05) is 46.3 Å². The first-order chi connectivity index (χ1) is 14.4. The minimum atomic E-state index is -1.09. The van der Waals surface area contributed by atoms with E-state index in [1.165, 1.54) is 19.3 Å². The number of nitrogens with zero attached hydrogens (tertiary/aromatic N) is 1. The Morgan fingerprint density at radius 2 is 1.87 bits per heavy atom. The monoisotopic (exact) mass is 473 g/mol. The highest BCUT2D eigenvalue weighted by Gasteiger charge is 2.19. The summed E-state index contributed by atoms with van der Waals surface area (Å²) in [5.74, 6) is 0.838. The van der Waals surface area contributed by atoms with Crippen LogP contribution < -0.4 is 20.7 Å². The molecule has 0 amide bonds. The number of aromatic nitrogens is 2. The van der Waals surface area contributed by atoms with Gasteiger partial charge in [-0.05, 0) is 29.8 Å². The van der Waals surface area contributed by atoms with Crippen molar-refractivity contribution >= 4 is 33.8 Å². The normalized spacial score (nSPS) is 10.9. The fourth-order valence-corrected chi connectivity index (χ4v) is 3.18. The fourth-order valence-electron chi connectivity index (χ4n) is 2.72. The summed E-state index contributed by atoms with van der Waals surface area (Å²) in [5, 5.41) is 11.2. The van der Waals surface area contributed by atoms with E-state index in [2.05, 4.69) is 20.9 Å². The first-order valence-corrected chi connectivity index (χ1v) is 9.41. The third kappa shape index (κ3) is 4.84. The van der Waals surface area contributed by atoms with E-state index in [0.29, 0.717) is 21.5 Å². The second-order valence-corrected chi connectivity index (χ2v) is 6.98. The topological polar surface area (TPSA) is 127 Å². The lowest BCUT2D eigenvalue weighted by molar-refractivity contribution is -0.386. The number of rotatable bonds is 7. The van der Waals surface area contributed by atoms with E-state index in [4.69, 9.17) is 9.47 Å². The van der Waals surface area contributed by atoms with Crippen LogP contribution in [-0.2, 0) is 6.61 Å². The molecule has 154 valence electrons. The van der Waals surface area contributed by atoms with Gasteiger partial charge in [0, 0.05) is 10.0 Å². The second kappa shape index (κ2) is 9.23. The first kappa shape index (κ1) is 21.1. The van der Waals surface area contributed by atoms with Crippen LogP contribution in [0.1, 0.15) is 16.8 Å². The van der Waals surface area contributed by atoms with Crippen LogP contribution in [0.25, 0.3) is 12.2 Å². The number of methoxy groups -OCH3 is 1. The fraction of sp³-hybridized carbons (Fsp3) is 0.100.